The van der Waals surface area contributed by atoms with Crippen LogP contribution in [0.15, 0.2) is 18.2 Å². The minimum Gasteiger partial charge on any atom is -0.495 e. The molecule has 0 aliphatic heterocycles. The number of aliphatic hydroxyl groups excluding tert-OH is 1. The number of hydrogen-bond acceptors (Lipinski definition) is 4. The first-order chi connectivity index (χ1) is 8.12. The molecule has 5 heteroatoms. The van der Waals surface area contributed by atoms with E-state index in [-0.39, 0.29) is 18.6 Å². The minimum absolute atomic E-state index is 0.0751. The summed E-state index contributed by atoms with van der Waals surface area (Å²) in [6.07, 6.45) is 0.675. The number of carbonyl (C=O) groups excluding carboxylic acids is 1. The molecule has 0 saturated heterocycles. The molecule has 94 valence electrons. The summed E-state index contributed by atoms with van der Waals surface area (Å²) >= 11 is 0. The lowest BCUT2D eigenvalue weighted by atomic mass is 10.1. The molecular formula is C12H18N2O3. The zero-order valence-corrected chi connectivity index (χ0v) is 10.1. The smallest absolute Gasteiger partial charge is 0.251 e. The Hall–Kier alpha value is -1.75. The molecule has 1 rings (SSSR count). The third kappa shape index (κ3) is 3.35. The van der Waals surface area contributed by atoms with Gasteiger partial charge in [0.1, 0.15) is 5.75 Å². The van der Waals surface area contributed by atoms with Crippen LogP contribution in [0.3, 0.4) is 0 Å². The van der Waals surface area contributed by atoms with Gasteiger partial charge in [-0.3, -0.25) is 4.79 Å². The van der Waals surface area contributed by atoms with Crippen molar-refractivity contribution in [3.05, 3.63) is 23.8 Å². The van der Waals surface area contributed by atoms with E-state index in [1.165, 1.54) is 7.11 Å². The van der Waals surface area contributed by atoms with Crippen LogP contribution in [0.2, 0.25) is 0 Å². The molecule has 0 unspecified atom stereocenters. The second-order valence-electron chi connectivity index (χ2n) is 3.72. The Bertz CT molecular complexity index is 389. The van der Waals surface area contributed by atoms with Crippen molar-refractivity contribution in [2.24, 2.45) is 0 Å². The summed E-state index contributed by atoms with van der Waals surface area (Å²) in [4.78, 5) is 11.8. The summed E-state index contributed by atoms with van der Waals surface area (Å²) in [6, 6.07) is 4.59. The summed E-state index contributed by atoms with van der Waals surface area (Å²) < 4.78 is 5.04. The van der Waals surface area contributed by atoms with Crippen molar-refractivity contribution in [1.29, 1.82) is 0 Å². The Morgan fingerprint density at radius 2 is 2.29 bits per heavy atom. The topological polar surface area (TPSA) is 84.6 Å². The van der Waals surface area contributed by atoms with Crippen LogP contribution < -0.4 is 15.8 Å². The summed E-state index contributed by atoms with van der Waals surface area (Å²) in [6.45, 7) is 1.82. The number of nitrogen functional groups attached to an aromatic ring is 1. The van der Waals surface area contributed by atoms with E-state index < -0.39 is 0 Å². The number of anilines is 1. The van der Waals surface area contributed by atoms with Crippen LogP contribution >= 0.6 is 0 Å². The monoisotopic (exact) mass is 238 g/mol. The molecule has 1 aromatic rings. The van der Waals surface area contributed by atoms with Crippen LogP contribution in [-0.4, -0.2) is 30.8 Å². The molecule has 0 bridgehead atoms. The minimum atomic E-state index is -0.246. The highest BCUT2D eigenvalue weighted by Gasteiger charge is 2.12. The van der Waals surface area contributed by atoms with Gasteiger partial charge in [0.25, 0.3) is 5.91 Å². The first-order valence-corrected chi connectivity index (χ1v) is 5.47. The number of nitrogens with one attached hydrogen (secondary N) is 1. The number of nitrogens with two attached hydrogens (primary N) is 1. The number of aliphatic hydroxyl groups is 1. The van der Waals surface area contributed by atoms with E-state index in [1.807, 2.05) is 6.92 Å². The molecule has 1 amide bonds. The zero-order valence-electron chi connectivity index (χ0n) is 10.1. The van der Waals surface area contributed by atoms with Crippen molar-refractivity contribution in [2.75, 3.05) is 19.5 Å². The average Bonchev–Trinajstić information content (AvgIpc) is 2.36. The molecule has 0 spiro atoms. The SMILES string of the molecule is CC[C@H](CO)NC(=O)c1ccc(N)c(OC)c1. The Kier molecular flexibility index (Phi) is 4.78. The van der Waals surface area contributed by atoms with Crippen molar-refractivity contribution in [1.82, 2.24) is 5.32 Å². The molecule has 0 radical (unpaired) electrons. The lowest BCUT2D eigenvalue weighted by Crippen LogP contribution is -2.36. The van der Waals surface area contributed by atoms with Crippen LogP contribution in [0.25, 0.3) is 0 Å². The normalized spacial score (nSPS) is 11.9. The lowest BCUT2D eigenvalue weighted by molar-refractivity contribution is 0.0914. The maximum Gasteiger partial charge on any atom is 0.251 e. The van der Waals surface area contributed by atoms with Gasteiger partial charge in [0.2, 0.25) is 0 Å². The van der Waals surface area contributed by atoms with Crippen LogP contribution in [-0.2, 0) is 0 Å². The second-order valence-corrected chi connectivity index (χ2v) is 3.72. The van der Waals surface area contributed by atoms with Crippen molar-refractivity contribution in [3.63, 3.8) is 0 Å². The third-order valence-corrected chi connectivity index (χ3v) is 2.54. The Balaban J connectivity index is 2.82. The number of carbonyl (C=O) groups is 1. The molecule has 5 nitrogen and oxygen atoms in total. The number of methoxy groups -OCH3 is 1. The Morgan fingerprint density at radius 1 is 1.59 bits per heavy atom. The largest absolute Gasteiger partial charge is 0.495 e. The van der Waals surface area contributed by atoms with Gasteiger partial charge in [0.15, 0.2) is 0 Å². The number of hydrogen-bond donors (Lipinski definition) is 3. The molecule has 17 heavy (non-hydrogen) atoms. The van der Waals surface area contributed by atoms with Crippen molar-refractivity contribution >= 4 is 11.6 Å². The van der Waals surface area contributed by atoms with E-state index >= 15 is 0 Å². The highest BCUT2D eigenvalue weighted by molar-refractivity contribution is 5.95. The summed E-state index contributed by atoms with van der Waals surface area (Å²) in [5.41, 5.74) is 6.60. The van der Waals surface area contributed by atoms with Crippen molar-refractivity contribution < 1.29 is 14.6 Å². The zero-order chi connectivity index (χ0) is 12.8. The van der Waals surface area contributed by atoms with E-state index in [0.29, 0.717) is 23.4 Å². The van der Waals surface area contributed by atoms with E-state index in [2.05, 4.69) is 5.32 Å². The molecule has 0 aliphatic carbocycles. The van der Waals surface area contributed by atoms with Crippen LogP contribution in [0.4, 0.5) is 5.69 Å². The fourth-order valence-electron chi connectivity index (χ4n) is 1.40. The molecule has 4 N–H and O–H groups in total. The van der Waals surface area contributed by atoms with Gasteiger partial charge in [-0.25, -0.2) is 0 Å². The summed E-state index contributed by atoms with van der Waals surface area (Å²) in [5.74, 6) is 0.221. The number of ether oxygens (including phenoxy) is 1. The molecule has 0 aromatic heterocycles. The molecule has 0 heterocycles. The predicted molar refractivity (Wildman–Crippen MR) is 66.0 cm³/mol. The van der Waals surface area contributed by atoms with E-state index in [1.54, 1.807) is 18.2 Å². The van der Waals surface area contributed by atoms with Gasteiger partial charge in [0.05, 0.1) is 25.4 Å². The first-order valence-electron chi connectivity index (χ1n) is 5.47. The molecule has 0 aliphatic rings. The van der Waals surface area contributed by atoms with Crippen LogP contribution in [0.5, 0.6) is 5.75 Å². The number of benzene rings is 1. The lowest BCUT2D eigenvalue weighted by Gasteiger charge is -2.14. The number of amides is 1. The van der Waals surface area contributed by atoms with Gasteiger partial charge in [-0.15, -0.1) is 0 Å². The molecular weight excluding hydrogens is 220 g/mol. The van der Waals surface area contributed by atoms with Crippen LogP contribution in [0.1, 0.15) is 23.7 Å². The van der Waals surface area contributed by atoms with Crippen LogP contribution in [0, 0.1) is 0 Å². The molecule has 0 fully saturated rings. The highest BCUT2D eigenvalue weighted by Crippen LogP contribution is 2.22. The van der Waals surface area contributed by atoms with Gasteiger partial charge in [-0.2, -0.15) is 0 Å². The molecule has 1 aromatic carbocycles. The van der Waals surface area contributed by atoms with E-state index in [0.717, 1.165) is 0 Å². The van der Waals surface area contributed by atoms with Crippen molar-refractivity contribution in [2.45, 2.75) is 19.4 Å². The van der Waals surface area contributed by atoms with Gasteiger partial charge in [0, 0.05) is 5.56 Å². The molecule has 0 saturated carbocycles. The maximum atomic E-state index is 11.8. The average molecular weight is 238 g/mol. The highest BCUT2D eigenvalue weighted by atomic mass is 16.5. The fraction of sp³-hybridized carbons (Fsp3) is 0.417. The Morgan fingerprint density at radius 3 is 2.82 bits per heavy atom. The van der Waals surface area contributed by atoms with Crippen molar-refractivity contribution in [3.8, 4) is 5.75 Å². The van der Waals surface area contributed by atoms with Gasteiger partial charge in [-0.05, 0) is 24.6 Å². The summed E-state index contributed by atoms with van der Waals surface area (Å²) in [5, 5.41) is 11.7. The standard InChI is InChI=1S/C12H18N2O3/c1-3-9(7-15)14-12(16)8-4-5-10(13)11(6-8)17-2/h4-6,9,15H,3,7,13H2,1-2H3,(H,14,16)/t9-/m1/s1. The van der Waals surface area contributed by atoms with E-state index in [4.69, 9.17) is 15.6 Å². The van der Waals surface area contributed by atoms with E-state index in [9.17, 15) is 4.79 Å². The predicted octanol–water partition coefficient (Wildman–Crippen LogP) is 0.778. The summed E-state index contributed by atoms with van der Waals surface area (Å²) in [7, 11) is 1.50. The quantitative estimate of drug-likeness (QED) is 0.662. The Labute approximate surface area is 101 Å². The fourth-order valence-corrected chi connectivity index (χ4v) is 1.40. The molecule has 1 atom stereocenters. The van der Waals surface area contributed by atoms with Gasteiger partial charge >= 0.3 is 0 Å². The number of rotatable bonds is 5. The van der Waals surface area contributed by atoms with Gasteiger partial charge < -0.3 is 20.9 Å². The first kappa shape index (κ1) is 13.3. The third-order valence-electron chi connectivity index (χ3n) is 2.54. The van der Waals surface area contributed by atoms with Gasteiger partial charge in [-0.1, -0.05) is 6.92 Å². The second kappa shape index (κ2) is 6.10. The maximum absolute atomic E-state index is 11.8.